The molecule has 1 aromatic heterocycles. The molecule has 4 rings (SSSR count). The van der Waals surface area contributed by atoms with Crippen molar-refractivity contribution in [2.24, 2.45) is 5.92 Å². The fourth-order valence-corrected chi connectivity index (χ4v) is 6.67. The average Bonchev–Trinajstić information content (AvgIpc) is 2.83. The van der Waals surface area contributed by atoms with Gasteiger partial charge in [-0.1, -0.05) is 62.2 Å². The number of carbonyl (C=O) groups excluding carboxylic acids is 1. The van der Waals surface area contributed by atoms with Gasteiger partial charge in [0.25, 0.3) is 5.56 Å². The van der Waals surface area contributed by atoms with Crippen LogP contribution in [-0.4, -0.2) is 39.6 Å². The maximum absolute atomic E-state index is 13.6. The number of thioether (sulfide) groups is 1. The molecule has 1 N–H and O–H groups in total. The van der Waals surface area contributed by atoms with Gasteiger partial charge in [-0.25, -0.2) is 4.98 Å². The molecule has 5 nitrogen and oxygen atoms in total. The Morgan fingerprint density at radius 2 is 1.88 bits per heavy atom. The fraction of sp³-hybridized carbons (Fsp3) is 0.577. The third-order valence-electron chi connectivity index (χ3n) is 7.64. The summed E-state index contributed by atoms with van der Waals surface area (Å²) in [5, 5.41) is 0.541. The Morgan fingerprint density at radius 1 is 1.16 bits per heavy atom. The molecular weight excluding hydrogens is 418 g/mol. The summed E-state index contributed by atoms with van der Waals surface area (Å²) in [4.78, 5) is 35.9. The SMILES string of the molecule is CCN(CC)C(=O)CSc1nc2c(c(=O)[nH]1)[C@@](CC)(C1CCCCC1)Cc1ccccc1-2. The number of carbonyl (C=O) groups is 1. The van der Waals surface area contributed by atoms with E-state index in [2.05, 4.69) is 30.1 Å². The number of hydrogen-bond acceptors (Lipinski definition) is 4. The predicted octanol–water partition coefficient (Wildman–Crippen LogP) is 5.18. The Bertz CT molecular complexity index is 1020. The molecule has 6 heteroatoms. The lowest BCUT2D eigenvalue weighted by molar-refractivity contribution is -0.127. The van der Waals surface area contributed by atoms with E-state index in [-0.39, 0.29) is 22.6 Å². The maximum atomic E-state index is 13.6. The number of fused-ring (bicyclic) bond motifs is 3. The highest BCUT2D eigenvalue weighted by Gasteiger charge is 2.46. The standard InChI is InChI=1S/C26H35N3O2S/c1-4-26(19-13-8-7-9-14-19)16-18-12-10-11-15-20(18)23-22(26)24(31)28-25(27-23)32-17-21(30)29(5-2)6-3/h10-12,15,19H,4-9,13-14,16-17H2,1-3H3,(H,27,28,31)/t26-/m1/s1. The molecule has 1 heterocycles. The number of amides is 1. The lowest BCUT2D eigenvalue weighted by Crippen LogP contribution is -2.45. The quantitative estimate of drug-likeness (QED) is 0.463. The first-order valence-electron chi connectivity index (χ1n) is 12.2. The monoisotopic (exact) mass is 453 g/mol. The molecule has 2 aliphatic rings. The van der Waals surface area contributed by atoms with E-state index in [1.54, 1.807) is 0 Å². The van der Waals surface area contributed by atoms with Crippen molar-refractivity contribution in [3.8, 4) is 11.3 Å². The summed E-state index contributed by atoms with van der Waals surface area (Å²) in [7, 11) is 0. The highest BCUT2D eigenvalue weighted by Crippen LogP contribution is 2.50. The lowest BCUT2D eigenvalue weighted by Gasteiger charge is -2.45. The van der Waals surface area contributed by atoms with Crippen LogP contribution in [0.1, 0.15) is 70.4 Å². The first-order valence-corrected chi connectivity index (χ1v) is 13.2. The Morgan fingerprint density at radius 3 is 2.56 bits per heavy atom. The molecule has 1 fully saturated rings. The molecule has 0 spiro atoms. The first kappa shape index (κ1) is 23.1. The predicted molar refractivity (Wildman–Crippen MR) is 131 cm³/mol. The number of benzene rings is 1. The first-order chi connectivity index (χ1) is 15.5. The summed E-state index contributed by atoms with van der Waals surface area (Å²) in [6, 6.07) is 8.42. The Labute approximate surface area is 195 Å². The molecule has 2 aromatic rings. The van der Waals surface area contributed by atoms with Crippen LogP contribution in [0, 0.1) is 5.92 Å². The van der Waals surface area contributed by atoms with E-state index < -0.39 is 0 Å². The molecule has 172 valence electrons. The van der Waals surface area contributed by atoms with Crippen molar-refractivity contribution >= 4 is 17.7 Å². The number of aromatic nitrogens is 2. The van der Waals surface area contributed by atoms with Crippen LogP contribution >= 0.6 is 11.8 Å². The Hall–Kier alpha value is -2.08. The average molecular weight is 454 g/mol. The van der Waals surface area contributed by atoms with Crippen LogP contribution in [0.15, 0.2) is 34.2 Å². The van der Waals surface area contributed by atoms with Crippen molar-refractivity contribution in [2.75, 3.05) is 18.8 Å². The maximum Gasteiger partial charge on any atom is 0.255 e. The van der Waals surface area contributed by atoms with Gasteiger partial charge in [0.2, 0.25) is 5.91 Å². The van der Waals surface area contributed by atoms with Crippen LogP contribution in [0.4, 0.5) is 0 Å². The van der Waals surface area contributed by atoms with E-state index in [1.807, 2.05) is 24.8 Å². The minimum absolute atomic E-state index is 0.0188. The molecule has 32 heavy (non-hydrogen) atoms. The zero-order chi connectivity index (χ0) is 22.7. The lowest BCUT2D eigenvalue weighted by atomic mass is 9.58. The largest absolute Gasteiger partial charge is 0.343 e. The summed E-state index contributed by atoms with van der Waals surface area (Å²) in [5.41, 5.74) is 3.90. The van der Waals surface area contributed by atoms with Crippen LogP contribution in [0.25, 0.3) is 11.3 Å². The van der Waals surface area contributed by atoms with Crippen molar-refractivity contribution < 1.29 is 4.79 Å². The summed E-state index contributed by atoms with van der Waals surface area (Å²) in [6.07, 6.45) is 8.01. The molecular formula is C26H35N3O2S. The second kappa shape index (κ2) is 9.82. The van der Waals surface area contributed by atoms with Crippen LogP contribution in [0.3, 0.4) is 0 Å². The van der Waals surface area contributed by atoms with E-state index >= 15 is 0 Å². The van der Waals surface area contributed by atoms with E-state index in [9.17, 15) is 9.59 Å². The van der Waals surface area contributed by atoms with E-state index in [4.69, 9.17) is 4.98 Å². The molecule has 0 bridgehead atoms. The van der Waals surface area contributed by atoms with Gasteiger partial charge in [-0.15, -0.1) is 0 Å². The number of rotatable bonds is 7. The Balaban J connectivity index is 1.76. The number of aromatic amines is 1. The zero-order valence-electron chi connectivity index (χ0n) is 19.6. The van der Waals surface area contributed by atoms with Gasteiger partial charge in [0.15, 0.2) is 5.16 Å². The topological polar surface area (TPSA) is 66.1 Å². The minimum atomic E-state index is -0.162. The molecule has 1 atom stereocenters. The van der Waals surface area contributed by atoms with Crippen molar-refractivity contribution in [3.63, 3.8) is 0 Å². The van der Waals surface area contributed by atoms with Crippen LogP contribution < -0.4 is 5.56 Å². The highest BCUT2D eigenvalue weighted by atomic mass is 32.2. The van der Waals surface area contributed by atoms with Gasteiger partial charge in [0.1, 0.15) is 0 Å². The van der Waals surface area contributed by atoms with Crippen LogP contribution in [-0.2, 0) is 16.6 Å². The number of H-pyrrole nitrogens is 1. The second-order valence-corrected chi connectivity index (χ2v) is 10.1. The van der Waals surface area contributed by atoms with Gasteiger partial charge in [0.05, 0.1) is 17.0 Å². The van der Waals surface area contributed by atoms with Gasteiger partial charge < -0.3 is 9.88 Å². The van der Waals surface area contributed by atoms with Gasteiger partial charge in [-0.3, -0.25) is 9.59 Å². The van der Waals surface area contributed by atoms with Crippen molar-refractivity contribution in [3.05, 3.63) is 45.7 Å². The van der Waals surface area contributed by atoms with E-state index in [1.165, 1.54) is 49.4 Å². The second-order valence-electron chi connectivity index (χ2n) is 9.13. The smallest absolute Gasteiger partial charge is 0.255 e. The van der Waals surface area contributed by atoms with Crippen molar-refractivity contribution in [1.29, 1.82) is 0 Å². The Kier molecular flexibility index (Phi) is 7.08. The van der Waals surface area contributed by atoms with Gasteiger partial charge >= 0.3 is 0 Å². The molecule has 2 aliphatic carbocycles. The van der Waals surface area contributed by atoms with Crippen LogP contribution in [0.2, 0.25) is 0 Å². The normalized spacial score (nSPS) is 20.5. The van der Waals surface area contributed by atoms with Gasteiger partial charge in [-0.2, -0.15) is 0 Å². The van der Waals surface area contributed by atoms with Crippen molar-refractivity contribution in [1.82, 2.24) is 14.9 Å². The summed E-state index contributed by atoms with van der Waals surface area (Å²) in [5.74, 6) is 0.872. The molecule has 0 saturated heterocycles. The summed E-state index contributed by atoms with van der Waals surface area (Å²) < 4.78 is 0. The molecule has 0 aliphatic heterocycles. The van der Waals surface area contributed by atoms with Crippen molar-refractivity contribution in [2.45, 2.75) is 76.3 Å². The summed E-state index contributed by atoms with van der Waals surface area (Å²) in [6.45, 7) is 7.59. The number of nitrogens with one attached hydrogen (secondary N) is 1. The third kappa shape index (κ3) is 4.14. The third-order valence-corrected chi connectivity index (χ3v) is 8.50. The summed E-state index contributed by atoms with van der Waals surface area (Å²) >= 11 is 1.33. The molecule has 1 aromatic carbocycles. The van der Waals surface area contributed by atoms with Gasteiger partial charge in [-0.05, 0) is 51.0 Å². The van der Waals surface area contributed by atoms with Gasteiger partial charge in [0, 0.05) is 24.1 Å². The highest BCUT2D eigenvalue weighted by molar-refractivity contribution is 7.99. The molecule has 1 amide bonds. The number of hydrogen-bond donors (Lipinski definition) is 1. The molecule has 1 saturated carbocycles. The number of nitrogens with zero attached hydrogens (tertiary/aromatic N) is 2. The van der Waals surface area contributed by atoms with Crippen LogP contribution in [0.5, 0.6) is 0 Å². The molecule has 0 radical (unpaired) electrons. The molecule has 0 unspecified atom stereocenters. The zero-order valence-corrected chi connectivity index (χ0v) is 20.4. The van der Waals surface area contributed by atoms with E-state index in [0.717, 1.165) is 29.7 Å². The van der Waals surface area contributed by atoms with E-state index in [0.29, 0.717) is 24.2 Å². The minimum Gasteiger partial charge on any atom is -0.343 e. The fourth-order valence-electron chi connectivity index (χ4n) is 5.90.